The van der Waals surface area contributed by atoms with Crippen LogP contribution < -0.4 is 10.1 Å². The first-order valence-electron chi connectivity index (χ1n) is 12.2. The predicted octanol–water partition coefficient (Wildman–Crippen LogP) is 5.33. The molecule has 0 spiro atoms. The van der Waals surface area contributed by atoms with Crippen molar-refractivity contribution in [1.29, 1.82) is 0 Å². The zero-order chi connectivity index (χ0) is 28.2. The minimum absolute atomic E-state index is 0.0678. The predicted molar refractivity (Wildman–Crippen MR) is 139 cm³/mol. The average molecular weight is 537 g/mol. The van der Waals surface area contributed by atoms with Crippen LogP contribution in [0.3, 0.4) is 0 Å². The maximum absolute atomic E-state index is 13.0. The number of hydrogen-bond acceptors (Lipinski definition) is 5. The van der Waals surface area contributed by atoms with Gasteiger partial charge in [-0.1, -0.05) is 24.3 Å². The number of carbonyl (C=O) groups is 2. The van der Waals surface area contributed by atoms with Crippen LogP contribution in [0.15, 0.2) is 66.9 Å². The molecule has 4 aromatic rings. The molecule has 1 amide bonds. The van der Waals surface area contributed by atoms with Crippen LogP contribution in [0.4, 0.5) is 13.2 Å². The van der Waals surface area contributed by atoms with E-state index in [1.807, 2.05) is 24.6 Å². The van der Waals surface area contributed by atoms with Crippen molar-refractivity contribution in [3.63, 3.8) is 0 Å². The fourth-order valence-corrected chi connectivity index (χ4v) is 4.10. The van der Waals surface area contributed by atoms with E-state index in [2.05, 4.69) is 15.4 Å². The molecule has 0 aliphatic heterocycles. The van der Waals surface area contributed by atoms with Crippen molar-refractivity contribution in [1.82, 2.24) is 20.1 Å². The molecule has 10 heteroatoms. The first kappa shape index (κ1) is 27.6. The van der Waals surface area contributed by atoms with Crippen molar-refractivity contribution in [3.8, 4) is 5.75 Å². The maximum Gasteiger partial charge on any atom is 0.416 e. The summed E-state index contributed by atoms with van der Waals surface area (Å²) < 4.78 is 45.5. The molecule has 1 N–H and O–H groups in total. The normalized spacial score (nSPS) is 11.3. The second-order valence-electron chi connectivity index (χ2n) is 9.04. The Morgan fingerprint density at radius 1 is 0.974 bits per heavy atom. The minimum Gasteiger partial charge on any atom is -0.489 e. The highest BCUT2D eigenvalue weighted by atomic mass is 19.4. The lowest BCUT2D eigenvalue weighted by Gasteiger charge is -2.10. The van der Waals surface area contributed by atoms with Crippen molar-refractivity contribution < 1.29 is 27.5 Å². The lowest BCUT2D eigenvalue weighted by molar-refractivity contribution is -0.137. The summed E-state index contributed by atoms with van der Waals surface area (Å²) in [5.41, 5.74) is 4.21. The molecule has 0 fully saturated rings. The van der Waals surface area contributed by atoms with E-state index >= 15 is 0 Å². The number of amides is 1. The monoisotopic (exact) mass is 536 g/mol. The molecule has 0 saturated heterocycles. The number of pyridine rings is 1. The molecule has 39 heavy (non-hydrogen) atoms. The van der Waals surface area contributed by atoms with Crippen LogP contribution >= 0.6 is 0 Å². The van der Waals surface area contributed by atoms with E-state index < -0.39 is 11.7 Å². The summed E-state index contributed by atoms with van der Waals surface area (Å²) in [6.45, 7) is 4.35. The van der Waals surface area contributed by atoms with E-state index in [9.17, 15) is 22.8 Å². The van der Waals surface area contributed by atoms with Crippen LogP contribution in [0.2, 0.25) is 0 Å². The summed E-state index contributed by atoms with van der Waals surface area (Å²) in [5, 5.41) is 7.15. The number of carbonyl (C=O) groups excluding carboxylic acids is 2. The number of rotatable bonds is 9. The lowest BCUT2D eigenvalue weighted by Crippen LogP contribution is -2.19. The van der Waals surface area contributed by atoms with Crippen LogP contribution in [-0.2, 0) is 25.7 Å². The third-order valence-electron chi connectivity index (χ3n) is 6.35. The molecule has 4 rings (SSSR count). The van der Waals surface area contributed by atoms with Gasteiger partial charge in [-0.05, 0) is 61.4 Å². The van der Waals surface area contributed by atoms with Gasteiger partial charge in [0.25, 0.3) is 5.91 Å². The number of Topliss-reactive ketones (excluding diaryl/α,β-unsaturated/α-hetero) is 1. The van der Waals surface area contributed by atoms with Gasteiger partial charge in [0, 0.05) is 36.5 Å². The molecule has 0 bridgehead atoms. The Morgan fingerprint density at radius 2 is 1.67 bits per heavy atom. The topological polar surface area (TPSA) is 86.1 Å². The SMILES string of the molecule is CNC(=O)c1cc(Cn2nc(C)c(CC(=O)c3ccc(COc4ccc(C(F)(F)F)cc4)cc3)c2C)ccn1. The van der Waals surface area contributed by atoms with Crippen LogP contribution in [-0.4, -0.2) is 33.5 Å². The van der Waals surface area contributed by atoms with Gasteiger partial charge in [-0.15, -0.1) is 0 Å². The van der Waals surface area contributed by atoms with Gasteiger partial charge in [-0.2, -0.15) is 18.3 Å². The summed E-state index contributed by atoms with van der Waals surface area (Å²) in [7, 11) is 1.55. The Kier molecular flexibility index (Phi) is 8.13. The van der Waals surface area contributed by atoms with Crippen molar-refractivity contribution in [2.24, 2.45) is 0 Å². The van der Waals surface area contributed by atoms with Gasteiger partial charge >= 0.3 is 6.18 Å². The fraction of sp³-hybridized carbons (Fsp3) is 0.241. The number of hydrogen-bond donors (Lipinski definition) is 1. The van der Waals surface area contributed by atoms with E-state index in [0.717, 1.165) is 40.2 Å². The van der Waals surface area contributed by atoms with Gasteiger partial charge in [0.1, 0.15) is 18.1 Å². The molecule has 0 aliphatic carbocycles. The number of nitrogens with zero attached hydrogens (tertiary/aromatic N) is 3. The number of ether oxygens (including phenoxy) is 1. The maximum atomic E-state index is 13.0. The minimum atomic E-state index is -4.39. The second kappa shape index (κ2) is 11.5. The molecule has 7 nitrogen and oxygen atoms in total. The van der Waals surface area contributed by atoms with Gasteiger partial charge in [0.2, 0.25) is 0 Å². The van der Waals surface area contributed by atoms with E-state index in [4.69, 9.17) is 4.74 Å². The van der Waals surface area contributed by atoms with Crippen LogP contribution in [0.5, 0.6) is 5.75 Å². The van der Waals surface area contributed by atoms with Crippen LogP contribution in [0.1, 0.15) is 54.5 Å². The Bertz CT molecular complexity index is 1480. The van der Waals surface area contributed by atoms with Crippen LogP contribution in [0, 0.1) is 13.8 Å². The van der Waals surface area contributed by atoms with Crippen molar-refractivity contribution in [2.45, 2.75) is 39.6 Å². The molecule has 2 heterocycles. The number of nitrogens with one attached hydrogen (secondary N) is 1. The second-order valence-corrected chi connectivity index (χ2v) is 9.04. The van der Waals surface area contributed by atoms with E-state index in [-0.39, 0.29) is 24.7 Å². The Labute approximate surface area is 223 Å². The highest BCUT2D eigenvalue weighted by molar-refractivity contribution is 5.97. The molecule has 0 unspecified atom stereocenters. The molecule has 0 aliphatic rings. The number of alkyl halides is 3. The first-order valence-corrected chi connectivity index (χ1v) is 12.2. The van der Waals surface area contributed by atoms with Gasteiger partial charge in [0.15, 0.2) is 5.78 Å². The molecule has 0 atom stereocenters. The van der Waals surface area contributed by atoms with E-state index in [0.29, 0.717) is 23.6 Å². The molecule has 0 radical (unpaired) electrons. The summed E-state index contributed by atoms with van der Waals surface area (Å²) in [6, 6.07) is 15.0. The highest BCUT2D eigenvalue weighted by Gasteiger charge is 2.30. The van der Waals surface area contributed by atoms with Gasteiger partial charge in [-0.25, -0.2) is 0 Å². The number of aryl methyl sites for hydroxylation is 1. The number of benzene rings is 2. The largest absolute Gasteiger partial charge is 0.489 e. The number of halogens is 3. The zero-order valence-electron chi connectivity index (χ0n) is 21.7. The molecule has 2 aromatic carbocycles. The highest BCUT2D eigenvalue weighted by Crippen LogP contribution is 2.30. The van der Waals surface area contributed by atoms with Gasteiger partial charge in [-0.3, -0.25) is 19.3 Å². The summed E-state index contributed by atoms with van der Waals surface area (Å²) in [5.74, 6) is -0.0156. The van der Waals surface area contributed by atoms with Crippen molar-refractivity contribution >= 4 is 11.7 Å². The number of ketones is 1. The fourth-order valence-electron chi connectivity index (χ4n) is 4.10. The Balaban J connectivity index is 1.38. The van der Waals surface area contributed by atoms with Gasteiger partial charge < -0.3 is 10.1 Å². The average Bonchev–Trinajstić information content (AvgIpc) is 3.18. The standard InChI is InChI=1S/C29H27F3N4O3/c1-18-25(19(2)36(35-18)16-21-12-13-34-26(14-21)28(38)33-3)15-27(37)22-6-4-20(5-7-22)17-39-24-10-8-23(9-11-24)29(30,31)32/h4-14H,15-17H2,1-3H3,(H,33,38). The molecule has 202 valence electrons. The third kappa shape index (κ3) is 6.70. The number of aromatic nitrogens is 3. The van der Waals surface area contributed by atoms with E-state index in [1.54, 1.807) is 43.6 Å². The van der Waals surface area contributed by atoms with E-state index in [1.165, 1.54) is 12.1 Å². The van der Waals surface area contributed by atoms with Crippen molar-refractivity contribution in [3.05, 3.63) is 112 Å². The van der Waals surface area contributed by atoms with Gasteiger partial charge in [0.05, 0.1) is 17.8 Å². The summed E-state index contributed by atoms with van der Waals surface area (Å²) in [6.07, 6.45) is -2.64. The Hall–Kier alpha value is -4.47. The molecular formula is C29H27F3N4O3. The Morgan fingerprint density at radius 3 is 2.31 bits per heavy atom. The lowest BCUT2D eigenvalue weighted by atomic mass is 10.0. The smallest absolute Gasteiger partial charge is 0.416 e. The van der Waals surface area contributed by atoms with Crippen molar-refractivity contribution in [2.75, 3.05) is 7.05 Å². The molecule has 2 aromatic heterocycles. The summed E-state index contributed by atoms with van der Waals surface area (Å²) in [4.78, 5) is 29.0. The quantitative estimate of drug-likeness (QED) is 0.293. The molecular weight excluding hydrogens is 509 g/mol. The molecule has 0 saturated carbocycles. The first-order chi connectivity index (χ1) is 18.5. The third-order valence-corrected chi connectivity index (χ3v) is 6.35. The van der Waals surface area contributed by atoms with Crippen LogP contribution in [0.25, 0.3) is 0 Å². The summed E-state index contributed by atoms with van der Waals surface area (Å²) >= 11 is 0. The zero-order valence-corrected chi connectivity index (χ0v) is 21.7.